The van der Waals surface area contributed by atoms with Gasteiger partial charge in [0, 0.05) is 28.7 Å². The van der Waals surface area contributed by atoms with E-state index in [-0.39, 0.29) is 45.6 Å². The average molecular weight is 679 g/mol. The number of benzene rings is 3. The number of hydrogen-bond acceptors (Lipinski definition) is 7. The molecule has 0 saturated heterocycles. The van der Waals surface area contributed by atoms with E-state index in [0.29, 0.717) is 16.3 Å². The van der Waals surface area contributed by atoms with E-state index < -0.39 is 28.5 Å². The molecule has 1 fully saturated rings. The van der Waals surface area contributed by atoms with Crippen molar-refractivity contribution in [2.24, 2.45) is 0 Å². The van der Waals surface area contributed by atoms with Gasteiger partial charge in [-0.1, -0.05) is 48.2 Å². The van der Waals surface area contributed by atoms with Crippen LogP contribution in [0.3, 0.4) is 0 Å². The van der Waals surface area contributed by atoms with Gasteiger partial charge in [-0.3, -0.25) is 13.9 Å². The fourth-order valence-corrected chi connectivity index (χ4v) is 7.09. The molecule has 45 heavy (non-hydrogen) atoms. The van der Waals surface area contributed by atoms with E-state index in [1.54, 1.807) is 37.3 Å². The van der Waals surface area contributed by atoms with Gasteiger partial charge in [-0.15, -0.1) is 0 Å². The van der Waals surface area contributed by atoms with Gasteiger partial charge >= 0.3 is 0 Å². The highest BCUT2D eigenvalue weighted by Gasteiger charge is 2.35. The Kier molecular flexibility index (Phi) is 11.5. The maximum atomic E-state index is 14.3. The number of rotatable bonds is 13. The van der Waals surface area contributed by atoms with Crippen molar-refractivity contribution in [2.75, 3.05) is 32.2 Å². The SMILES string of the molecule is COc1ccc(S(=O)(=O)N(CC(=O)N(Cc2cccc(Cl)c2)[C@@H](C)C(=O)NC2CCCC2)c2cc(Cl)ccc2OC)cc1OC. The summed E-state index contributed by atoms with van der Waals surface area (Å²) in [6.45, 7) is 0.963. The van der Waals surface area contributed by atoms with Gasteiger partial charge in [-0.2, -0.15) is 0 Å². The number of amides is 2. The summed E-state index contributed by atoms with van der Waals surface area (Å²) in [6, 6.07) is 14.6. The lowest BCUT2D eigenvalue weighted by Gasteiger charge is -2.33. The topological polar surface area (TPSA) is 114 Å². The molecule has 0 bridgehead atoms. The van der Waals surface area contributed by atoms with E-state index >= 15 is 0 Å². The second-order valence-electron chi connectivity index (χ2n) is 10.7. The first kappa shape index (κ1) is 34.2. The maximum absolute atomic E-state index is 14.3. The molecule has 0 aromatic heterocycles. The summed E-state index contributed by atoms with van der Waals surface area (Å²) < 4.78 is 45.7. The quantitative estimate of drug-likeness (QED) is 0.247. The number of nitrogens with zero attached hydrogens (tertiary/aromatic N) is 2. The zero-order chi connectivity index (χ0) is 32.7. The molecule has 2 amide bonds. The number of methoxy groups -OCH3 is 3. The Bertz CT molecular complexity index is 1630. The number of anilines is 1. The number of carbonyl (C=O) groups is 2. The molecule has 13 heteroatoms. The lowest BCUT2D eigenvalue weighted by atomic mass is 10.1. The van der Waals surface area contributed by atoms with Crippen molar-refractivity contribution in [3.8, 4) is 17.2 Å². The third-order valence-electron chi connectivity index (χ3n) is 7.74. The van der Waals surface area contributed by atoms with Crippen molar-refractivity contribution in [2.45, 2.75) is 56.1 Å². The Morgan fingerprint density at radius 2 is 1.53 bits per heavy atom. The Balaban J connectivity index is 1.78. The number of halogens is 2. The predicted octanol–water partition coefficient (Wildman–Crippen LogP) is 5.69. The van der Waals surface area contributed by atoms with Crippen LogP contribution < -0.4 is 23.8 Å². The molecule has 10 nitrogen and oxygen atoms in total. The molecule has 3 aromatic rings. The van der Waals surface area contributed by atoms with Crippen LogP contribution in [-0.2, 0) is 26.2 Å². The standard InChI is InChI=1S/C32H37Cl2N3O7S/c1-21(32(39)35-25-10-5-6-11-25)36(19-22-8-7-9-23(33)16-22)31(38)20-37(27-17-24(34)12-14-28(27)42-2)45(40,41)26-13-15-29(43-3)30(18-26)44-4/h7-9,12-18,21,25H,5-6,10-11,19-20H2,1-4H3,(H,35,39)/t21-/m0/s1. The second kappa shape index (κ2) is 15.1. The molecular weight excluding hydrogens is 641 g/mol. The third kappa shape index (κ3) is 8.14. The Morgan fingerprint density at radius 3 is 2.18 bits per heavy atom. The van der Waals surface area contributed by atoms with E-state index in [9.17, 15) is 18.0 Å². The molecule has 242 valence electrons. The van der Waals surface area contributed by atoms with Crippen molar-refractivity contribution in [3.63, 3.8) is 0 Å². The van der Waals surface area contributed by atoms with E-state index in [4.69, 9.17) is 37.4 Å². The number of sulfonamides is 1. The van der Waals surface area contributed by atoms with Gasteiger partial charge in [-0.05, 0) is 67.8 Å². The van der Waals surface area contributed by atoms with E-state index in [2.05, 4.69) is 5.32 Å². The minimum Gasteiger partial charge on any atom is -0.495 e. The van der Waals surface area contributed by atoms with Gasteiger partial charge in [0.2, 0.25) is 11.8 Å². The summed E-state index contributed by atoms with van der Waals surface area (Å²) in [7, 11) is -0.231. The minimum atomic E-state index is -4.44. The predicted molar refractivity (Wildman–Crippen MR) is 174 cm³/mol. The highest BCUT2D eigenvalue weighted by molar-refractivity contribution is 7.92. The number of hydrogen-bond donors (Lipinski definition) is 1. The Hall–Kier alpha value is -3.67. The van der Waals surface area contributed by atoms with Gasteiger partial charge in [0.1, 0.15) is 18.3 Å². The minimum absolute atomic E-state index is 0.00950. The zero-order valence-electron chi connectivity index (χ0n) is 25.6. The maximum Gasteiger partial charge on any atom is 0.265 e. The lowest BCUT2D eigenvalue weighted by molar-refractivity contribution is -0.139. The van der Waals surface area contributed by atoms with Crippen LogP contribution in [0.1, 0.15) is 38.2 Å². The largest absolute Gasteiger partial charge is 0.495 e. The van der Waals surface area contributed by atoms with Gasteiger partial charge in [0.25, 0.3) is 10.0 Å². The first-order valence-corrected chi connectivity index (χ1v) is 16.6. The molecule has 4 rings (SSSR count). The van der Waals surface area contributed by atoms with E-state index in [1.807, 2.05) is 0 Å². The summed E-state index contributed by atoms with van der Waals surface area (Å²) in [5, 5.41) is 3.74. The Labute approximate surface area is 274 Å². The summed E-state index contributed by atoms with van der Waals surface area (Å²) in [5.41, 5.74) is 0.713. The number of carbonyl (C=O) groups excluding carboxylic acids is 2. The molecular formula is C32H37Cl2N3O7S. The third-order valence-corrected chi connectivity index (χ3v) is 9.97. The van der Waals surface area contributed by atoms with Crippen LogP contribution in [-0.4, -0.2) is 65.1 Å². The smallest absolute Gasteiger partial charge is 0.265 e. The average Bonchev–Trinajstić information content (AvgIpc) is 3.54. The highest BCUT2D eigenvalue weighted by atomic mass is 35.5. The van der Waals surface area contributed by atoms with Crippen LogP contribution in [0.15, 0.2) is 65.6 Å². The van der Waals surface area contributed by atoms with Gasteiger partial charge < -0.3 is 24.4 Å². The molecule has 1 N–H and O–H groups in total. The molecule has 0 spiro atoms. The van der Waals surface area contributed by atoms with Gasteiger partial charge in [-0.25, -0.2) is 8.42 Å². The van der Waals surface area contributed by atoms with Crippen LogP contribution in [0.4, 0.5) is 5.69 Å². The van der Waals surface area contributed by atoms with Crippen molar-refractivity contribution in [1.29, 1.82) is 0 Å². The van der Waals surface area contributed by atoms with Crippen molar-refractivity contribution >= 4 is 50.7 Å². The highest BCUT2D eigenvalue weighted by Crippen LogP contribution is 2.37. The number of nitrogens with one attached hydrogen (secondary N) is 1. The van der Waals surface area contributed by atoms with E-state index in [0.717, 1.165) is 30.0 Å². The van der Waals surface area contributed by atoms with Crippen LogP contribution in [0.25, 0.3) is 0 Å². The lowest BCUT2D eigenvalue weighted by Crippen LogP contribution is -2.52. The van der Waals surface area contributed by atoms with Crippen LogP contribution in [0.2, 0.25) is 10.0 Å². The summed E-state index contributed by atoms with van der Waals surface area (Å²) >= 11 is 12.6. The van der Waals surface area contributed by atoms with Crippen LogP contribution >= 0.6 is 23.2 Å². The fourth-order valence-electron chi connectivity index (χ4n) is 5.28. The molecule has 0 heterocycles. The Morgan fingerprint density at radius 1 is 0.889 bits per heavy atom. The molecule has 3 aromatic carbocycles. The molecule has 1 saturated carbocycles. The van der Waals surface area contributed by atoms with Crippen molar-refractivity contribution in [1.82, 2.24) is 10.2 Å². The fraction of sp³-hybridized carbons (Fsp3) is 0.375. The molecule has 0 aliphatic heterocycles. The van der Waals surface area contributed by atoms with Crippen LogP contribution in [0, 0.1) is 0 Å². The van der Waals surface area contributed by atoms with Crippen LogP contribution in [0.5, 0.6) is 17.2 Å². The van der Waals surface area contributed by atoms with Crippen molar-refractivity contribution < 1.29 is 32.2 Å². The normalized spacial score (nSPS) is 14.0. The van der Waals surface area contributed by atoms with Gasteiger partial charge in [0.05, 0.1) is 31.9 Å². The molecule has 1 atom stereocenters. The van der Waals surface area contributed by atoms with Gasteiger partial charge in [0.15, 0.2) is 11.5 Å². The summed E-state index contributed by atoms with van der Waals surface area (Å²) in [4.78, 5) is 28.9. The summed E-state index contributed by atoms with van der Waals surface area (Å²) in [6.07, 6.45) is 3.78. The van der Waals surface area contributed by atoms with Crippen molar-refractivity contribution in [3.05, 3.63) is 76.3 Å². The number of ether oxygens (including phenoxy) is 3. The first-order valence-electron chi connectivity index (χ1n) is 14.4. The van der Waals surface area contributed by atoms with E-state index in [1.165, 1.54) is 56.6 Å². The zero-order valence-corrected chi connectivity index (χ0v) is 27.9. The molecule has 1 aliphatic rings. The first-order chi connectivity index (χ1) is 21.5. The molecule has 0 unspecified atom stereocenters. The monoisotopic (exact) mass is 677 g/mol. The second-order valence-corrected chi connectivity index (χ2v) is 13.4. The molecule has 0 radical (unpaired) electrons. The molecule has 1 aliphatic carbocycles. The summed E-state index contributed by atoms with van der Waals surface area (Å²) in [5.74, 6) is -0.274.